The lowest BCUT2D eigenvalue weighted by molar-refractivity contribution is 0.156. The fourth-order valence-electron chi connectivity index (χ4n) is 3.58. The largest absolute Gasteiger partial charge is 0.317 e. The van der Waals surface area contributed by atoms with Crippen molar-refractivity contribution in [3.05, 3.63) is 35.4 Å². The molecule has 1 aliphatic carbocycles. The van der Waals surface area contributed by atoms with Gasteiger partial charge in [-0.25, -0.2) is 8.78 Å². The van der Waals surface area contributed by atoms with Gasteiger partial charge in [0, 0.05) is 6.07 Å². The predicted octanol–water partition coefficient (Wildman–Crippen LogP) is 4.85. The van der Waals surface area contributed by atoms with Crippen molar-refractivity contribution < 1.29 is 8.78 Å². The molecule has 118 valence electrons. The van der Waals surface area contributed by atoms with E-state index in [4.69, 9.17) is 0 Å². The van der Waals surface area contributed by atoms with Gasteiger partial charge in [-0.05, 0) is 62.2 Å². The maximum atomic E-state index is 13.8. The van der Waals surface area contributed by atoms with Gasteiger partial charge in [0.15, 0.2) is 0 Å². The molecular formula is C18H27F2N. The van der Waals surface area contributed by atoms with Crippen molar-refractivity contribution in [2.24, 2.45) is 5.41 Å². The van der Waals surface area contributed by atoms with E-state index in [-0.39, 0.29) is 0 Å². The molecule has 1 fully saturated rings. The van der Waals surface area contributed by atoms with Crippen molar-refractivity contribution in [3.63, 3.8) is 0 Å². The van der Waals surface area contributed by atoms with Gasteiger partial charge in [-0.1, -0.05) is 32.3 Å². The molecule has 0 aliphatic heterocycles. The standard InChI is InChI=1S/C18H27F2N/c1-2-21-13-12-18(9-4-3-5-10-18)11-8-15-6-7-16(19)14-17(15)20/h6-7,14,21H,2-5,8-13H2,1H3. The third-order valence-electron chi connectivity index (χ3n) is 4.94. The van der Waals surface area contributed by atoms with Crippen LogP contribution in [-0.2, 0) is 6.42 Å². The lowest BCUT2D eigenvalue weighted by atomic mass is 9.68. The molecule has 0 saturated heterocycles. The van der Waals surface area contributed by atoms with Crippen molar-refractivity contribution in [3.8, 4) is 0 Å². The molecule has 0 aromatic heterocycles. The summed E-state index contributed by atoms with van der Waals surface area (Å²) in [6.07, 6.45) is 9.31. The summed E-state index contributed by atoms with van der Waals surface area (Å²) in [6.45, 7) is 4.17. The SMILES string of the molecule is CCNCCC1(CCc2ccc(F)cc2F)CCCCC1. The molecule has 1 saturated carbocycles. The molecule has 0 radical (unpaired) electrons. The van der Waals surface area contributed by atoms with Gasteiger partial charge in [0.05, 0.1) is 0 Å². The Morgan fingerprint density at radius 3 is 2.52 bits per heavy atom. The second-order valence-electron chi connectivity index (χ2n) is 6.40. The van der Waals surface area contributed by atoms with Crippen molar-refractivity contribution >= 4 is 0 Å². The van der Waals surface area contributed by atoms with E-state index in [2.05, 4.69) is 12.2 Å². The van der Waals surface area contributed by atoms with E-state index in [9.17, 15) is 8.78 Å². The van der Waals surface area contributed by atoms with Crippen molar-refractivity contribution in [1.29, 1.82) is 0 Å². The molecule has 1 aromatic carbocycles. The van der Waals surface area contributed by atoms with Gasteiger partial charge in [-0.2, -0.15) is 0 Å². The number of halogens is 2. The molecule has 1 aromatic rings. The molecule has 0 heterocycles. The fraction of sp³-hybridized carbons (Fsp3) is 0.667. The highest BCUT2D eigenvalue weighted by atomic mass is 19.1. The number of hydrogen-bond donors (Lipinski definition) is 1. The Labute approximate surface area is 127 Å². The van der Waals surface area contributed by atoms with Gasteiger partial charge in [0.2, 0.25) is 0 Å². The van der Waals surface area contributed by atoms with Crippen LogP contribution in [0.5, 0.6) is 0 Å². The molecule has 21 heavy (non-hydrogen) atoms. The summed E-state index contributed by atoms with van der Waals surface area (Å²) < 4.78 is 26.8. The molecular weight excluding hydrogens is 268 g/mol. The first kappa shape index (κ1) is 16.4. The Bertz CT molecular complexity index is 439. The summed E-state index contributed by atoms with van der Waals surface area (Å²) in [4.78, 5) is 0. The molecule has 0 spiro atoms. The summed E-state index contributed by atoms with van der Waals surface area (Å²) in [5, 5.41) is 3.41. The number of rotatable bonds is 7. The molecule has 0 bridgehead atoms. The molecule has 0 unspecified atom stereocenters. The minimum Gasteiger partial charge on any atom is -0.317 e. The molecule has 0 amide bonds. The number of nitrogens with one attached hydrogen (secondary N) is 1. The highest BCUT2D eigenvalue weighted by Gasteiger charge is 2.31. The normalized spacial score (nSPS) is 17.9. The zero-order chi connectivity index (χ0) is 15.1. The van der Waals surface area contributed by atoms with E-state index in [0.29, 0.717) is 11.0 Å². The van der Waals surface area contributed by atoms with Crippen molar-refractivity contribution in [2.45, 2.75) is 58.3 Å². The second-order valence-corrected chi connectivity index (χ2v) is 6.40. The first-order valence-corrected chi connectivity index (χ1v) is 8.30. The zero-order valence-electron chi connectivity index (χ0n) is 13.1. The van der Waals surface area contributed by atoms with Crippen molar-refractivity contribution in [2.75, 3.05) is 13.1 Å². The van der Waals surface area contributed by atoms with E-state index in [1.807, 2.05) is 0 Å². The Morgan fingerprint density at radius 2 is 1.86 bits per heavy atom. The summed E-state index contributed by atoms with van der Waals surface area (Å²) in [5.41, 5.74) is 1.01. The summed E-state index contributed by atoms with van der Waals surface area (Å²) in [6, 6.07) is 3.97. The van der Waals surface area contributed by atoms with Crippen LogP contribution in [0.4, 0.5) is 8.78 Å². The van der Waals surface area contributed by atoms with Gasteiger partial charge in [-0.15, -0.1) is 0 Å². The lowest BCUT2D eigenvalue weighted by Gasteiger charge is -2.38. The number of hydrogen-bond acceptors (Lipinski definition) is 1. The average Bonchev–Trinajstić information content (AvgIpc) is 2.48. The summed E-state index contributed by atoms with van der Waals surface area (Å²) in [5.74, 6) is -0.886. The molecule has 1 aliphatic rings. The summed E-state index contributed by atoms with van der Waals surface area (Å²) >= 11 is 0. The van der Waals surface area contributed by atoms with Crippen molar-refractivity contribution in [1.82, 2.24) is 5.32 Å². The minimum absolute atomic E-state index is 0.348. The van der Waals surface area contributed by atoms with E-state index in [0.717, 1.165) is 32.0 Å². The van der Waals surface area contributed by atoms with Crippen LogP contribution in [0, 0.1) is 17.0 Å². The first-order valence-electron chi connectivity index (χ1n) is 8.30. The van der Waals surface area contributed by atoms with Gasteiger partial charge in [-0.3, -0.25) is 0 Å². The molecule has 2 rings (SSSR count). The zero-order valence-corrected chi connectivity index (χ0v) is 13.1. The molecule has 1 nitrogen and oxygen atoms in total. The Hall–Kier alpha value is -0.960. The maximum Gasteiger partial charge on any atom is 0.129 e. The van der Waals surface area contributed by atoms with Crippen LogP contribution in [0.15, 0.2) is 18.2 Å². The molecule has 3 heteroatoms. The first-order chi connectivity index (χ1) is 10.2. The third kappa shape index (κ3) is 4.77. The number of benzene rings is 1. The summed E-state index contributed by atoms with van der Waals surface area (Å²) in [7, 11) is 0. The molecule has 1 N–H and O–H groups in total. The van der Waals surface area contributed by atoms with Crippen LogP contribution in [0.25, 0.3) is 0 Å². The minimum atomic E-state index is -0.490. The van der Waals surface area contributed by atoms with Gasteiger partial charge in [0.1, 0.15) is 11.6 Å². The second kappa shape index (κ2) is 7.88. The highest BCUT2D eigenvalue weighted by molar-refractivity contribution is 5.19. The van der Waals surface area contributed by atoms with E-state index in [1.165, 1.54) is 44.6 Å². The van der Waals surface area contributed by atoms with Crippen LogP contribution >= 0.6 is 0 Å². The Kier molecular flexibility index (Phi) is 6.16. The van der Waals surface area contributed by atoms with Crippen LogP contribution in [-0.4, -0.2) is 13.1 Å². The fourth-order valence-corrected chi connectivity index (χ4v) is 3.58. The van der Waals surface area contributed by atoms with Gasteiger partial charge >= 0.3 is 0 Å². The number of aryl methyl sites for hydroxylation is 1. The van der Waals surface area contributed by atoms with Crippen LogP contribution < -0.4 is 5.32 Å². The van der Waals surface area contributed by atoms with E-state index >= 15 is 0 Å². The Morgan fingerprint density at radius 1 is 1.10 bits per heavy atom. The predicted molar refractivity (Wildman–Crippen MR) is 83.4 cm³/mol. The van der Waals surface area contributed by atoms with E-state index in [1.54, 1.807) is 6.07 Å². The molecule has 0 atom stereocenters. The highest BCUT2D eigenvalue weighted by Crippen LogP contribution is 2.43. The topological polar surface area (TPSA) is 12.0 Å². The van der Waals surface area contributed by atoms with Gasteiger partial charge < -0.3 is 5.32 Å². The van der Waals surface area contributed by atoms with Crippen LogP contribution in [0.1, 0.15) is 57.4 Å². The van der Waals surface area contributed by atoms with E-state index < -0.39 is 11.6 Å². The van der Waals surface area contributed by atoms with Crippen LogP contribution in [0.2, 0.25) is 0 Å². The quantitative estimate of drug-likeness (QED) is 0.709. The van der Waals surface area contributed by atoms with Gasteiger partial charge in [0.25, 0.3) is 0 Å². The lowest BCUT2D eigenvalue weighted by Crippen LogP contribution is -2.30. The van der Waals surface area contributed by atoms with Crippen LogP contribution in [0.3, 0.4) is 0 Å². The average molecular weight is 295 g/mol. The maximum absolute atomic E-state index is 13.8. The monoisotopic (exact) mass is 295 g/mol. The Balaban J connectivity index is 1.97. The third-order valence-corrected chi connectivity index (χ3v) is 4.94. The smallest absolute Gasteiger partial charge is 0.129 e.